The fourth-order valence-electron chi connectivity index (χ4n) is 3.40. The van der Waals surface area contributed by atoms with Crippen molar-refractivity contribution < 1.29 is 9.18 Å². The zero-order valence-electron chi connectivity index (χ0n) is 19.1. The number of H-pyrrole nitrogens is 1. The van der Waals surface area contributed by atoms with Gasteiger partial charge < -0.3 is 10.3 Å². The highest BCUT2D eigenvalue weighted by Crippen LogP contribution is 2.24. The Morgan fingerprint density at radius 2 is 1.94 bits per heavy atom. The smallest absolute Gasteiger partial charge is 0.251 e. The van der Waals surface area contributed by atoms with Crippen LogP contribution in [0.3, 0.4) is 0 Å². The predicted octanol–water partition coefficient (Wildman–Crippen LogP) is 5.67. The molecule has 3 heterocycles. The van der Waals surface area contributed by atoms with Crippen molar-refractivity contribution in [3.63, 3.8) is 0 Å². The first-order valence-corrected chi connectivity index (χ1v) is 10.9. The number of carbonyl (C=O) groups excluding carboxylic acids is 1. The monoisotopic (exact) mass is 445 g/mol. The number of halogens is 1. The largest absolute Gasteiger partial charge is 0.348 e. The van der Waals surface area contributed by atoms with E-state index >= 15 is 0 Å². The van der Waals surface area contributed by atoms with E-state index in [2.05, 4.69) is 40.8 Å². The van der Waals surface area contributed by atoms with Gasteiger partial charge in [-0.3, -0.25) is 4.79 Å². The van der Waals surface area contributed by atoms with Gasteiger partial charge in [0, 0.05) is 35.5 Å². The van der Waals surface area contributed by atoms with Gasteiger partial charge in [-0.15, -0.1) is 0 Å². The molecule has 0 fully saturated rings. The van der Waals surface area contributed by atoms with E-state index in [0.29, 0.717) is 29.1 Å². The summed E-state index contributed by atoms with van der Waals surface area (Å²) >= 11 is 0. The second kappa shape index (κ2) is 11.0. The summed E-state index contributed by atoms with van der Waals surface area (Å²) in [4.78, 5) is 20.3. The number of aromatic nitrogens is 4. The highest BCUT2D eigenvalue weighted by atomic mass is 19.1. The number of rotatable bonds is 6. The summed E-state index contributed by atoms with van der Waals surface area (Å²) in [7, 11) is 0. The Kier molecular flexibility index (Phi) is 7.91. The summed E-state index contributed by atoms with van der Waals surface area (Å²) in [6, 6.07) is 9.79. The number of aromatic amines is 1. The summed E-state index contributed by atoms with van der Waals surface area (Å²) in [6.07, 6.45) is 9.77. The predicted molar refractivity (Wildman–Crippen MR) is 131 cm³/mol. The van der Waals surface area contributed by atoms with Crippen molar-refractivity contribution in [3.8, 4) is 5.69 Å². The molecule has 2 N–H and O–H groups in total. The Labute approximate surface area is 192 Å². The molecule has 0 aliphatic carbocycles. The number of nitrogens with one attached hydrogen (secondary N) is 2. The number of hydrogen-bond donors (Lipinski definition) is 2. The Morgan fingerprint density at radius 3 is 2.61 bits per heavy atom. The molecule has 0 saturated carbocycles. The number of amides is 1. The van der Waals surface area contributed by atoms with Crippen molar-refractivity contribution in [1.29, 1.82) is 0 Å². The molecule has 7 heteroatoms. The van der Waals surface area contributed by atoms with Gasteiger partial charge in [-0.1, -0.05) is 32.9 Å². The molecule has 6 nitrogen and oxygen atoms in total. The Bertz CT molecular complexity index is 1270. The Morgan fingerprint density at radius 1 is 1.21 bits per heavy atom. The lowest BCUT2D eigenvalue weighted by atomic mass is 10.0. The second-order valence-corrected chi connectivity index (χ2v) is 7.34. The lowest BCUT2D eigenvalue weighted by Crippen LogP contribution is -2.24. The van der Waals surface area contributed by atoms with Gasteiger partial charge in [0.1, 0.15) is 11.5 Å². The van der Waals surface area contributed by atoms with Gasteiger partial charge in [-0.05, 0) is 55.0 Å². The lowest BCUT2D eigenvalue weighted by molar-refractivity contribution is -0.115. The van der Waals surface area contributed by atoms with Crippen LogP contribution in [-0.2, 0) is 11.3 Å². The minimum absolute atomic E-state index is 0.222. The molecule has 4 aromatic rings. The molecule has 0 radical (unpaired) electrons. The van der Waals surface area contributed by atoms with Crippen LogP contribution in [0.2, 0.25) is 0 Å². The molecule has 0 atom stereocenters. The van der Waals surface area contributed by atoms with E-state index in [4.69, 9.17) is 0 Å². The van der Waals surface area contributed by atoms with E-state index < -0.39 is 0 Å². The summed E-state index contributed by atoms with van der Waals surface area (Å²) < 4.78 is 14.9. The van der Waals surface area contributed by atoms with Crippen LogP contribution >= 0.6 is 0 Å². The molecule has 0 aliphatic rings. The van der Waals surface area contributed by atoms with Crippen molar-refractivity contribution in [1.82, 2.24) is 25.1 Å². The number of fused-ring (bicyclic) bond motifs is 1. The minimum atomic E-state index is -0.326. The van der Waals surface area contributed by atoms with E-state index in [-0.39, 0.29) is 11.7 Å². The molecular weight excluding hydrogens is 417 g/mol. The van der Waals surface area contributed by atoms with Crippen LogP contribution < -0.4 is 5.32 Å². The van der Waals surface area contributed by atoms with Crippen molar-refractivity contribution in [2.75, 3.05) is 0 Å². The quantitative estimate of drug-likeness (QED) is 0.376. The molecule has 0 unspecified atom stereocenters. The highest BCUT2D eigenvalue weighted by molar-refractivity contribution is 6.20. The average Bonchev–Trinajstić information content (AvgIpc) is 3.47. The zero-order chi connectivity index (χ0) is 23.8. The molecule has 1 aromatic carbocycles. The lowest BCUT2D eigenvalue weighted by Gasteiger charge is -2.10. The van der Waals surface area contributed by atoms with E-state index in [1.807, 2.05) is 18.3 Å². The van der Waals surface area contributed by atoms with Crippen molar-refractivity contribution >= 4 is 28.6 Å². The van der Waals surface area contributed by atoms with Crippen LogP contribution in [0.4, 0.5) is 4.39 Å². The third-order valence-electron chi connectivity index (χ3n) is 4.88. The number of nitrogens with zero attached hydrogens (tertiary/aromatic N) is 3. The molecule has 0 bridgehead atoms. The maximum absolute atomic E-state index is 13.3. The third kappa shape index (κ3) is 5.26. The SMILES string of the molecule is C=Cc1c(/C(=C\C)C(=O)NCc2ccnc3[nH]ccc23)cnn1-c1ccc(F)cc1.CCC. The molecule has 4 rings (SSSR count). The number of hydrogen-bond acceptors (Lipinski definition) is 3. The van der Waals surface area contributed by atoms with Crippen LogP contribution in [0.1, 0.15) is 44.0 Å². The van der Waals surface area contributed by atoms with E-state index in [1.165, 1.54) is 18.6 Å². The fraction of sp³-hybridized carbons (Fsp3) is 0.192. The van der Waals surface area contributed by atoms with Gasteiger partial charge >= 0.3 is 0 Å². The molecule has 0 saturated heterocycles. The summed E-state index contributed by atoms with van der Waals surface area (Å²) in [5.74, 6) is -0.549. The molecule has 33 heavy (non-hydrogen) atoms. The van der Waals surface area contributed by atoms with Crippen molar-refractivity contribution in [3.05, 3.63) is 90.3 Å². The molecular formula is C26H28FN5O. The third-order valence-corrected chi connectivity index (χ3v) is 4.88. The first-order valence-electron chi connectivity index (χ1n) is 10.9. The molecule has 0 aliphatic heterocycles. The number of benzene rings is 1. The minimum Gasteiger partial charge on any atom is -0.348 e. The van der Waals surface area contributed by atoms with E-state index in [1.54, 1.807) is 48.3 Å². The van der Waals surface area contributed by atoms with Crippen LogP contribution in [0, 0.1) is 5.82 Å². The number of pyridine rings is 1. The Hall–Kier alpha value is -4.00. The van der Waals surface area contributed by atoms with E-state index in [0.717, 1.165) is 16.6 Å². The van der Waals surface area contributed by atoms with Crippen LogP contribution in [0.15, 0.2) is 67.6 Å². The normalized spacial score (nSPS) is 11.1. The van der Waals surface area contributed by atoms with Crippen LogP contribution in [0.25, 0.3) is 28.4 Å². The van der Waals surface area contributed by atoms with Gasteiger partial charge in [-0.2, -0.15) is 5.10 Å². The van der Waals surface area contributed by atoms with E-state index in [9.17, 15) is 9.18 Å². The van der Waals surface area contributed by atoms with Gasteiger partial charge in [0.05, 0.1) is 17.6 Å². The summed E-state index contributed by atoms with van der Waals surface area (Å²) in [6.45, 7) is 10.3. The molecule has 170 valence electrons. The van der Waals surface area contributed by atoms with Crippen molar-refractivity contribution in [2.45, 2.75) is 33.7 Å². The highest BCUT2D eigenvalue weighted by Gasteiger charge is 2.19. The van der Waals surface area contributed by atoms with Gasteiger partial charge in [0.15, 0.2) is 0 Å². The fourth-order valence-corrected chi connectivity index (χ4v) is 3.40. The maximum atomic E-state index is 13.3. The first kappa shape index (κ1) is 23.7. The van der Waals surface area contributed by atoms with Crippen LogP contribution in [-0.4, -0.2) is 25.7 Å². The topological polar surface area (TPSA) is 75.6 Å². The van der Waals surface area contributed by atoms with Gasteiger partial charge in [0.2, 0.25) is 0 Å². The number of allylic oxidation sites excluding steroid dienone is 1. The Balaban J connectivity index is 0.000000968. The first-order chi connectivity index (χ1) is 16.0. The van der Waals surface area contributed by atoms with Crippen LogP contribution in [0.5, 0.6) is 0 Å². The summed E-state index contributed by atoms with van der Waals surface area (Å²) in [5, 5.41) is 8.32. The molecule has 3 aromatic heterocycles. The summed E-state index contributed by atoms with van der Waals surface area (Å²) in [5.41, 5.74) is 4.22. The average molecular weight is 446 g/mol. The second-order valence-electron chi connectivity index (χ2n) is 7.34. The van der Waals surface area contributed by atoms with Gasteiger partial charge in [-0.25, -0.2) is 14.1 Å². The number of carbonyl (C=O) groups is 1. The standard InChI is InChI=1S/C23H20FN5O.C3H8/c1-3-18(23(30)27-13-15-9-11-25-22-19(15)10-12-26-22)20-14-28-29(21(20)4-2)17-7-5-16(24)6-8-17;1-3-2/h3-12,14H,2,13H2,1H3,(H,25,26)(H,27,30);3H2,1-2H3/b18-3+;. The molecule has 1 amide bonds. The van der Waals surface area contributed by atoms with Crippen molar-refractivity contribution in [2.24, 2.45) is 0 Å². The zero-order valence-corrected chi connectivity index (χ0v) is 19.1. The maximum Gasteiger partial charge on any atom is 0.251 e. The molecule has 0 spiro atoms. The van der Waals surface area contributed by atoms with Gasteiger partial charge in [0.25, 0.3) is 5.91 Å².